The van der Waals surface area contributed by atoms with Crippen molar-refractivity contribution in [2.75, 3.05) is 26.2 Å². The van der Waals surface area contributed by atoms with Crippen molar-refractivity contribution in [2.45, 2.75) is 37.9 Å². The lowest BCUT2D eigenvalue weighted by Crippen LogP contribution is -2.53. The molecule has 3 aliphatic heterocycles. The molecule has 0 spiro atoms. The number of rotatable bonds is 2. The highest BCUT2D eigenvalue weighted by molar-refractivity contribution is 4.97. The van der Waals surface area contributed by atoms with Crippen molar-refractivity contribution in [3.05, 3.63) is 0 Å². The van der Waals surface area contributed by atoms with Gasteiger partial charge in [-0.15, -0.1) is 0 Å². The van der Waals surface area contributed by atoms with Crippen LogP contribution < -0.4 is 16.0 Å². The first-order valence-corrected chi connectivity index (χ1v) is 7.19. The van der Waals surface area contributed by atoms with Gasteiger partial charge in [0.25, 0.3) is 0 Å². The predicted octanol–water partition coefficient (Wildman–Crippen LogP) is -0.108. The van der Waals surface area contributed by atoms with E-state index >= 15 is 0 Å². The van der Waals surface area contributed by atoms with Crippen molar-refractivity contribution >= 4 is 0 Å². The SMILES string of the molecule is OCC1CCC2C(NC[C@@H]2C2CCCNC2)N1. The van der Waals surface area contributed by atoms with Gasteiger partial charge in [-0.1, -0.05) is 0 Å². The first-order chi connectivity index (χ1) is 8.38. The van der Waals surface area contributed by atoms with Gasteiger partial charge in [0, 0.05) is 12.6 Å². The molecule has 0 aromatic rings. The third kappa shape index (κ3) is 2.36. The minimum absolute atomic E-state index is 0.278. The minimum Gasteiger partial charge on any atom is -0.395 e. The monoisotopic (exact) mass is 239 g/mol. The second kappa shape index (κ2) is 5.22. The maximum absolute atomic E-state index is 9.23. The molecule has 3 saturated heterocycles. The van der Waals surface area contributed by atoms with Crippen molar-refractivity contribution in [1.29, 1.82) is 0 Å². The van der Waals surface area contributed by atoms with Crippen molar-refractivity contribution in [1.82, 2.24) is 16.0 Å². The van der Waals surface area contributed by atoms with Crippen LogP contribution in [0.2, 0.25) is 0 Å². The van der Waals surface area contributed by atoms with E-state index in [9.17, 15) is 5.11 Å². The van der Waals surface area contributed by atoms with Gasteiger partial charge in [-0.2, -0.15) is 0 Å². The molecular formula is C13H25N3O. The predicted molar refractivity (Wildman–Crippen MR) is 67.6 cm³/mol. The molecule has 17 heavy (non-hydrogen) atoms. The van der Waals surface area contributed by atoms with Crippen LogP contribution in [0.3, 0.4) is 0 Å². The lowest BCUT2D eigenvalue weighted by Gasteiger charge is -2.37. The van der Waals surface area contributed by atoms with Crippen LogP contribution in [-0.4, -0.2) is 43.6 Å². The Bertz CT molecular complexity index is 255. The highest BCUT2D eigenvalue weighted by Gasteiger charge is 2.42. The molecule has 0 bridgehead atoms. The average molecular weight is 239 g/mol. The summed E-state index contributed by atoms with van der Waals surface area (Å²) in [6, 6.07) is 0.312. The molecule has 4 N–H and O–H groups in total. The summed E-state index contributed by atoms with van der Waals surface area (Å²) in [5.41, 5.74) is 0. The Morgan fingerprint density at radius 2 is 2.00 bits per heavy atom. The van der Waals surface area contributed by atoms with E-state index in [2.05, 4.69) is 16.0 Å². The molecule has 3 fully saturated rings. The summed E-state index contributed by atoms with van der Waals surface area (Å²) in [4.78, 5) is 0. The zero-order valence-corrected chi connectivity index (χ0v) is 10.5. The summed E-state index contributed by atoms with van der Waals surface area (Å²) in [6.07, 6.45) is 5.59. The maximum Gasteiger partial charge on any atom is 0.0607 e. The Morgan fingerprint density at radius 3 is 2.76 bits per heavy atom. The molecule has 0 amide bonds. The average Bonchev–Trinajstić information content (AvgIpc) is 2.82. The molecule has 0 saturated carbocycles. The molecule has 0 aliphatic carbocycles. The zero-order valence-electron chi connectivity index (χ0n) is 10.5. The van der Waals surface area contributed by atoms with Gasteiger partial charge in [0.1, 0.15) is 0 Å². The fourth-order valence-electron chi connectivity index (χ4n) is 4.01. The van der Waals surface area contributed by atoms with E-state index in [1.54, 1.807) is 0 Å². The first-order valence-electron chi connectivity index (χ1n) is 7.19. The van der Waals surface area contributed by atoms with Gasteiger partial charge in [0.15, 0.2) is 0 Å². The van der Waals surface area contributed by atoms with E-state index in [1.807, 2.05) is 0 Å². The number of piperidine rings is 2. The fourth-order valence-corrected chi connectivity index (χ4v) is 4.01. The van der Waals surface area contributed by atoms with Gasteiger partial charge in [-0.05, 0) is 56.5 Å². The van der Waals surface area contributed by atoms with Crippen LogP contribution in [0.4, 0.5) is 0 Å². The summed E-state index contributed by atoms with van der Waals surface area (Å²) >= 11 is 0. The van der Waals surface area contributed by atoms with E-state index in [0.29, 0.717) is 12.2 Å². The molecule has 0 aromatic heterocycles. The van der Waals surface area contributed by atoms with Crippen LogP contribution in [0.5, 0.6) is 0 Å². The van der Waals surface area contributed by atoms with Crippen LogP contribution in [0.15, 0.2) is 0 Å². The van der Waals surface area contributed by atoms with E-state index in [0.717, 1.165) is 30.7 Å². The molecule has 3 heterocycles. The molecule has 3 rings (SSSR count). The quantitative estimate of drug-likeness (QED) is 0.543. The smallest absolute Gasteiger partial charge is 0.0607 e. The molecule has 4 nitrogen and oxygen atoms in total. The highest BCUT2D eigenvalue weighted by Crippen LogP contribution is 2.37. The Hall–Kier alpha value is -0.160. The van der Waals surface area contributed by atoms with Gasteiger partial charge >= 0.3 is 0 Å². The summed E-state index contributed by atoms with van der Waals surface area (Å²) in [5.74, 6) is 2.47. The first kappa shape index (κ1) is 11.9. The van der Waals surface area contributed by atoms with Gasteiger partial charge in [-0.25, -0.2) is 0 Å². The van der Waals surface area contributed by atoms with Crippen molar-refractivity contribution < 1.29 is 5.11 Å². The number of hydrogen-bond acceptors (Lipinski definition) is 4. The lowest BCUT2D eigenvalue weighted by atomic mass is 9.75. The fraction of sp³-hybridized carbons (Fsp3) is 1.00. The second-order valence-electron chi connectivity index (χ2n) is 5.94. The van der Waals surface area contributed by atoms with E-state index in [1.165, 1.54) is 32.4 Å². The van der Waals surface area contributed by atoms with Crippen LogP contribution in [0.1, 0.15) is 25.7 Å². The third-order valence-corrected chi connectivity index (χ3v) is 4.98. The molecule has 4 heteroatoms. The molecule has 4 unspecified atom stereocenters. The van der Waals surface area contributed by atoms with Crippen molar-refractivity contribution in [2.24, 2.45) is 17.8 Å². The lowest BCUT2D eigenvalue weighted by molar-refractivity contribution is 0.131. The van der Waals surface area contributed by atoms with E-state index in [-0.39, 0.29) is 6.61 Å². The Balaban J connectivity index is 1.61. The van der Waals surface area contributed by atoms with Crippen LogP contribution >= 0.6 is 0 Å². The summed E-state index contributed by atoms with van der Waals surface area (Å²) in [5, 5.41) is 19.9. The van der Waals surface area contributed by atoms with Gasteiger partial charge in [-0.3, -0.25) is 5.32 Å². The number of nitrogens with one attached hydrogen (secondary N) is 3. The number of aliphatic hydroxyl groups excluding tert-OH is 1. The molecule has 98 valence electrons. The number of aliphatic hydroxyl groups is 1. The molecule has 0 radical (unpaired) electrons. The Labute approximate surface area is 104 Å². The molecule has 3 aliphatic rings. The molecule has 5 atom stereocenters. The summed E-state index contributed by atoms with van der Waals surface area (Å²) in [6.45, 7) is 3.85. The maximum atomic E-state index is 9.23. The summed E-state index contributed by atoms with van der Waals surface area (Å²) < 4.78 is 0. The molecule has 0 aromatic carbocycles. The largest absolute Gasteiger partial charge is 0.395 e. The van der Waals surface area contributed by atoms with Crippen molar-refractivity contribution in [3.8, 4) is 0 Å². The number of hydrogen-bond donors (Lipinski definition) is 4. The second-order valence-corrected chi connectivity index (χ2v) is 5.94. The Morgan fingerprint density at radius 1 is 1.06 bits per heavy atom. The third-order valence-electron chi connectivity index (χ3n) is 4.98. The van der Waals surface area contributed by atoms with Gasteiger partial charge in [0.05, 0.1) is 12.8 Å². The topological polar surface area (TPSA) is 56.3 Å². The Kier molecular flexibility index (Phi) is 3.66. The number of fused-ring (bicyclic) bond motifs is 1. The van der Waals surface area contributed by atoms with Gasteiger partial charge < -0.3 is 15.7 Å². The van der Waals surface area contributed by atoms with Crippen molar-refractivity contribution in [3.63, 3.8) is 0 Å². The standard InChI is InChI=1S/C13H25N3O/c17-8-10-3-4-11-12(7-15-13(11)16-10)9-2-1-5-14-6-9/h9-17H,1-8H2/t9?,10?,11?,12-,13?/m1/s1. The van der Waals surface area contributed by atoms with Crippen LogP contribution in [0, 0.1) is 17.8 Å². The normalized spacial score (nSPS) is 46.8. The van der Waals surface area contributed by atoms with Crippen LogP contribution in [0.25, 0.3) is 0 Å². The van der Waals surface area contributed by atoms with E-state index in [4.69, 9.17) is 0 Å². The van der Waals surface area contributed by atoms with Crippen LogP contribution in [-0.2, 0) is 0 Å². The minimum atomic E-state index is 0.278. The van der Waals surface area contributed by atoms with Gasteiger partial charge in [0.2, 0.25) is 0 Å². The summed E-state index contributed by atoms with van der Waals surface area (Å²) in [7, 11) is 0. The van der Waals surface area contributed by atoms with E-state index < -0.39 is 0 Å². The zero-order chi connectivity index (χ0) is 11.7. The molecular weight excluding hydrogens is 214 g/mol. The highest BCUT2D eigenvalue weighted by atomic mass is 16.3.